The smallest absolute Gasteiger partial charge is 0.340 e. The fourth-order valence-electron chi connectivity index (χ4n) is 3.11. The Morgan fingerprint density at radius 2 is 1.73 bits per heavy atom. The minimum Gasteiger partial charge on any atom is -0.462 e. The molecule has 3 rings (SSSR count). The van der Waals surface area contributed by atoms with Crippen molar-refractivity contribution >= 4 is 44.8 Å². The zero-order valence-corrected chi connectivity index (χ0v) is 19.6. The lowest BCUT2D eigenvalue weighted by Crippen LogP contribution is -2.42. The van der Waals surface area contributed by atoms with Crippen LogP contribution in [0.15, 0.2) is 46.0 Å². The van der Waals surface area contributed by atoms with Gasteiger partial charge >= 0.3 is 5.97 Å². The third-order valence-electron chi connectivity index (χ3n) is 4.61. The predicted octanol–water partition coefficient (Wildman–Crippen LogP) is 2.75. The summed E-state index contributed by atoms with van der Waals surface area (Å²) in [7, 11) is -3.87. The monoisotopic (exact) mass is 490 g/mol. The second kappa shape index (κ2) is 9.88. The lowest BCUT2D eigenvalue weighted by atomic mass is 10.1. The summed E-state index contributed by atoms with van der Waals surface area (Å²) in [6.45, 7) is 5.08. The summed E-state index contributed by atoms with van der Waals surface area (Å²) in [5, 5.41) is 1.63. The number of aromatic nitrogens is 1. The third kappa shape index (κ3) is 5.23. The van der Waals surface area contributed by atoms with E-state index in [0.29, 0.717) is 11.3 Å². The molecule has 0 aliphatic rings. The molecule has 0 radical (unpaired) electrons. The van der Waals surface area contributed by atoms with E-state index in [-0.39, 0.29) is 33.3 Å². The molecule has 3 aromatic rings. The van der Waals surface area contributed by atoms with Gasteiger partial charge in [0.1, 0.15) is 9.90 Å². The first kappa shape index (κ1) is 24.0. The van der Waals surface area contributed by atoms with Crippen LogP contribution in [-0.2, 0) is 14.8 Å². The van der Waals surface area contributed by atoms with Crippen LogP contribution in [0, 0.1) is 13.8 Å². The maximum absolute atomic E-state index is 12.7. The molecule has 1 aromatic carbocycles. The zero-order chi connectivity index (χ0) is 24.2. The number of hydrogen-bond acceptors (Lipinski definition) is 7. The molecule has 0 spiro atoms. The number of H-pyrrole nitrogens is 1. The largest absolute Gasteiger partial charge is 0.462 e. The van der Waals surface area contributed by atoms with Gasteiger partial charge in [-0.25, -0.2) is 13.2 Å². The highest BCUT2D eigenvalue weighted by Crippen LogP contribution is 2.23. The number of aryl methyl sites for hydroxylation is 1. The molecule has 0 aliphatic carbocycles. The van der Waals surface area contributed by atoms with Crippen LogP contribution in [0.5, 0.6) is 0 Å². The zero-order valence-electron chi connectivity index (χ0n) is 18.0. The van der Waals surface area contributed by atoms with Crippen molar-refractivity contribution in [2.75, 3.05) is 11.3 Å². The number of esters is 1. The second-order valence-corrected chi connectivity index (χ2v) is 9.69. The summed E-state index contributed by atoms with van der Waals surface area (Å²) in [4.78, 5) is 40.2. The highest BCUT2D eigenvalue weighted by atomic mass is 32.2. The van der Waals surface area contributed by atoms with Crippen LogP contribution < -0.4 is 15.6 Å². The highest BCUT2D eigenvalue weighted by Gasteiger charge is 2.24. The molecule has 0 unspecified atom stereocenters. The van der Waals surface area contributed by atoms with Gasteiger partial charge in [-0.3, -0.25) is 25.2 Å². The molecule has 0 aliphatic heterocycles. The van der Waals surface area contributed by atoms with Crippen molar-refractivity contribution in [3.63, 3.8) is 0 Å². The minimum absolute atomic E-state index is 0.00420. The number of hydrazine groups is 1. The molecule has 0 atom stereocenters. The van der Waals surface area contributed by atoms with E-state index in [1.807, 2.05) is 0 Å². The number of carbonyl (C=O) groups is 3. The number of rotatable bonds is 7. The number of thiophene rings is 1. The Morgan fingerprint density at radius 3 is 2.39 bits per heavy atom. The lowest BCUT2D eigenvalue weighted by molar-refractivity contribution is 0.0524. The first-order valence-electron chi connectivity index (χ1n) is 9.78. The number of benzene rings is 1. The SMILES string of the molecule is CCOC(=O)c1c(C)[nH]c(C(=O)NNC(=O)c2ccccc2NS(=O)(=O)c2cccs2)c1C. The average Bonchev–Trinajstić information content (AvgIpc) is 3.41. The molecule has 4 N–H and O–H groups in total. The van der Waals surface area contributed by atoms with E-state index in [0.717, 1.165) is 11.3 Å². The average molecular weight is 491 g/mol. The van der Waals surface area contributed by atoms with Crippen molar-refractivity contribution in [1.82, 2.24) is 15.8 Å². The maximum atomic E-state index is 12.7. The van der Waals surface area contributed by atoms with Gasteiger partial charge in [0.2, 0.25) is 0 Å². The van der Waals surface area contributed by atoms with Crippen LogP contribution in [0.4, 0.5) is 5.69 Å². The van der Waals surface area contributed by atoms with Crippen molar-refractivity contribution in [2.45, 2.75) is 25.0 Å². The summed E-state index contributed by atoms with van der Waals surface area (Å²) in [5.74, 6) is -1.98. The molecule has 174 valence electrons. The van der Waals surface area contributed by atoms with Gasteiger partial charge in [-0.05, 0) is 49.9 Å². The number of amides is 2. The molecule has 0 fully saturated rings. The first-order chi connectivity index (χ1) is 15.7. The lowest BCUT2D eigenvalue weighted by Gasteiger charge is -2.12. The Labute approximate surface area is 194 Å². The molecular formula is C21H22N4O6S2. The van der Waals surface area contributed by atoms with E-state index < -0.39 is 27.8 Å². The molecule has 10 nitrogen and oxygen atoms in total. The third-order valence-corrected chi connectivity index (χ3v) is 7.37. The van der Waals surface area contributed by atoms with Crippen LogP contribution in [0.25, 0.3) is 0 Å². The predicted molar refractivity (Wildman–Crippen MR) is 123 cm³/mol. The summed E-state index contributed by atoms with van der Waals surface area (Å²) in [5.41, 5.74) is 5.75. The second-order valence-electron chi connectivity index (χ2n) is 6.84. The van der Waals surface area contributed by atoms with Gasteiger partial charge in [-0.15, -0.1) is 11.3 Å². The van der Waals surface area contributed by atoms with Crippen molar-refractivity contribution in [3.05, 3.63) is 69.9 Å². The normalized spacial score (nSPS) is 11.0. The first-order valence-corrected chi connectivity index (χ1v) is 12.1. The van der Waals surface area contributed by atoms with E-state index >= 15 is 0 Å². The Kier molecular flexibility index (Phi) is 7.19. The van der Waals surface area contributed by atoms with E-state index in [9.17, 15) is 22.8 Å². The number of ether oxygens (including phenoxy) is 1. The van der Waals surface area contributed by atoms with Crippen LogP contribution in [0.2, 0.25) is 0 Å². The van der Waals surface area contributed by atoms with Gasteiger partial charge < -0.3 is 9.72 Å². The van der Waals surface area contributed by atoms with Gasteiger partial charge in [0.25, 0.3) is 21.8 Å². The van der Waals surface area contributed by atoms with Gasteiger partial charge in [0, 0.05) is 5.69 Å². The Balaban J connectivity index is 1.74. The fourth-order valence-corrected chi connectivity index (χ4v) is 5.18. The molecule has 2 amide bonds. The van der Waals surface area contributed by atoms with E-state index in [2.05, 4.69) is 20.6 Å². The summed E-state index contributed by atoms with van der Waals surface area (Å²) >= 11 is 1.04. The number of carbonyl (C=O) groups excluding carboxylic acids is 3. The molecule has 0 bridgehead atoms. The van der Waals surface area contributed by atoms with Crippen molar-refractivity contribution < 1.29 is 27.5 Å². The summed E-state index contributed by atoms with van der Waals surface area (Å²) in [6.07, 6.45) is 0. The van der Waals surface area contributed by atoms with Crippen LogP contribution in [0.3, 0.4) is 0 Å². The molecular weight excluding hydrogens is 468 g/mol. The van der Waals surface area contributed by atoms with E-state index in [4.69, 9.17) is 4.74 Å². The number of anilines is 1. The molecule has 0 saturated carbocycles. The Bertz CT molecular complexity index is 1300. The number of sulfonamides is 1. The van der Waals surface area contributed by atoms with E-state index in [1.165, 1.54) is 18.2 Å². The number of para-hydroxylation sites is 1. The molecule has 2 aromatic heterocycles. The van der Waals surface area contributed by atoms with E-state index in [1.54, 1.807) is 44.4 Å². The highest BCUT2D eigenvalue weighted by molar-refractivity contribution is 7.94. The fraction of sp³-hybridized carbons (Fsp3) is 0.190. The summed E-state index contributed by atoms with van der Waals surface area (Å²) in [6, 6.07) is 9.03. The number of hydrogen-bond donors (Lipinski definition) is 4. The molecule has 0 saturated heterocycles. The molecule has 2 heterocycles. The van der Waals surface area contributed by atoms with Crippen LogP contribution in [-0.4, -0.2) is 37.8 Å². The number of nitrogens with one attached hydrogen (secondary N) is 4. The molecule has 33 heavy (non-hydrogen) atoms. The van der Waals surface area contributed by atoms with Crippen LogP contribution >= 0.6 is 11.3 Å². The maximum Gasteiger partial charge on any atom is 0.340 e. The Morgan fingerprint density at radius 1 is 1.03 bits per heavy atom. The van der Waals surface area contributed by atoms with Gasteiger partial charge in [0.05, 0.1) is 23.4 Å². The number of aromatic amines is 1. The van der Waals surface area contributed by atoms with Crippen molar-refractivity contribution in [1.29, 1.82) is 0 Å². The van der Waals surface area contributed by atoms with Gasteiger partial charge in [0.15, 0.2) is 0 Å². The van der Waals surface area contributed by atoms with Gasteiger partial charge in [-0.2, -0.15) is 0 Å². The van der Waals surface area contributed by atoms with Crippen LogP contribution in [0.1, 0.15) is 49.4 Å². The summed E-state index contributed by atoms with van der Waals surface area (Å²) < 4.78 is 32.5. The standard InChI is InChI=1S/C21H22N4O6S2/c1-4-31-21(28)17-12(2)18(22-13(17)3)20(27)24-23-19(26)14-8-5-6-9-15(14)25-33(29,30)16-10-7-11-32-16/h5-11,22,25H,4H2,1-3H3,(H,23,26)(H,24,27). The molecule has 12 heteroatoms. The Hall–Kier alpha value is -3.64. The van der Waals surface area contributed by atoms with Gasteiger partial charge in [-0.1, -0.05) is 18.2 Å². The topological polar surface area (TPSA) is 146 Å². The van der Waals surface area contributed by atoms with Crippen molar-refractivity contribution in [3.8, 4) is 0 Å². The minimum atomic E-state index is -3.87. The quantitative estimate of drug-likeness (QED) is 0.296. The van der Waals surface area contributed by atoms with Crippen molar-refractivity contribution in [2.24, 2.45) is 0 Å².